The van der Waals surface area contributed by atoms with Crippen molar-refractivity contribution in [1.29, 1.82) is 0 Å². The largest absolute Gasteiger partial charge is 0.497 e. The molecule has 1 aliphatic rings. The molecule has 0 N–H and O–H groups in total. The molecule has 0 unspecified atom stereocenters. The Morgan fingerprint density at radius 1 is 1.13 bits per heavy atom. The first-order valence-electron chi connectivity index (χ1n) is 9.73. The molecule has 2 aromatic heterocycles. The fourth-order valence-corrected chi connectivity index (χ4v) is 4.38. The Morgan fingerprint density at radius 2 is 2.03 bits per heavy atom. The van der Waals surface area contributed by atoms with Gasteiger partial charge in [0, 0.05) is 6.20 Å². The minimum Gasteiger partial charge on any atom is -0.497 e. The van der Waals surface area contributed by atoms with Gasteiger partial charge in [0.2, 0.25) is 12.7 Å². The Balaban J connectivity index is 1.47. The zero-order valence-corrected chi connectivity index (χ0v) is 17.6. The van der Waals surface area contributed by atoms with E-state index in [0.717, 1.165) is 27.2 Å². The molecular weight excluding hydrogens is 414 g/mol. The van der Waals surface area contributed by atoms with E-state index in [2.05, 4.69) is 4.98 Å². The van der Waals surface area contributed by atoms with Gasteiger partial charge in [-0.15, -0.1) is 0 Å². The monoisotopic (exact) mass is 433 g/mol. The molecule has 0 bridgehead atoms. The lowest BCUT2D eigenvalue weighted by Gasteiger charge is -2.19. The molecule has 0 fully saturated rings. The number of nitrogens with zero attached hydrogens (tertiary/aromatic N) is 3. The lowest BCUT2D eigenvalue weighted by molar-refractivity contribution is -0.118. The van der Waals surface area contributed by atoms with Crippen LogP contribution in [0.1, 0.15) is 11.3 Å². The summed E-state index contributed by atoms with van der Waals surface area (Å²) in [6, 6.07) is 16.9. The number of anilines is 1. The molecule has 3 heterocycles. The Morgan fingerprint density at radius 3 is 2.87 bits per heavy atom. The van der Waals surface area contributed by atoms with Crippen molar-refractivity contribution >= 4 is 32.6 Å². The van der Waals surface area contributed by atoms with Gasteiger partial charge in [-0.05, 0) is 48.0 Å². The quantitative estimate of drug-likeness (QED) is 0.454. The lowest BCUT2D eigenvalue weighted by atomic mass is 10.1. The van der Waals surface area contributed by atoms with E-state index in [1.165, 1.54) is 11.3 Å². The fourth-order valence-electron chi connectivity index (χ4n) is 3.37. The molecule has 5 rings (SSSR count). The predicted octanol–water partition coefficient (Wildman–Crippen LogP) is 4.20. The van der Waals surface area contributed by atoms with E-state index in [-0.39, 0.29) is 19.1 Å². The van der Waals surface area contributed by atoms with Crippen molar-refractivity contribution in [3.8, 4) is 17.2 Å². The van der Waals surface area contributed by atoms with E-state index in [1.54, 1.807) is 18.2 Å². The molecule has 0 atom stereocenters. The van der Waals surface area contributed by atoms with Crippen LogP contribution in [0.25, 0.3) is 10.2 Å². The normalized spacial score (nSPS) is 12.2. The highest BCUT2D eigenvalue weighted by molar-refractivity contribution is 7.22. The Labute approximate surface area is 182 Å². The minimum atomic E-state index is -0.0736. The summed E-state index contributed by atoms with van der Waals surface area (Å²) in [5.74, 6) is 2.04. The smallest absolute Gasteiger partial charge is 0.233 e. The molecule has 2 aromatic carbocycles. The number of rotatable bonds is 6. The molecule has 8 heteroatoms. The molecule has 1 amide bonds. The third-order valence-corrected chi connectivity index (χ3v) is 6.00. The number of fused-ring (bicyclic) bond motifs is 2. The fraction of sp³-hybridized carbons (Fsp3) is 0.174. The van der Waals surface area contributed by atoms with Crippen LogP contribution < -0.4 is 19.1 Å². The molecule has 0 saturated carbocycles. The second-order valence-corrected chi connectivity index (χ2v) is 8.00. The number of benzene rings is 2. The van der Waals surface area contributed by atoms with Crippen LogP contribution in [0.2, 0.25) is 0 Å². The van der Waals surface area contributed by atoms with Crippen LogP contribution in [0.15, 0.2) is 60.8 Å². The molecule has 4 aromatic rings. The van der Waals surface area contributed by atoms with Crippen molar-refractivity contribution in [2.45, 2.75) is 13.0 Å². The van der Waals surface area contributed by atoms with Crippen LogP contribution >= 0.6 is 11.3 Å². The summed E-state index contributed by atoms with van der Waals surface area (Å²) in [5.41, 5.74) is 2.46. The molecule has 0 aliphatic carbocycles. The molecule has 0 spiro atoms. The SMILES string of the molecule is COc1ccc2nc(N(Cc3ccccn3)C(=O)Cc3ccc4c(c3)OCO4)sc2c1. The van der Waals surface area contributed by atoms with Gasteiger partial charge in [0.1, 0.15) is 5.75 Å². The van der Waals surface area contributed by atoms with E-state index in [9.17, 15) is 4.79 Å². The average Bonchev–Trinajstić information content (AvgIpc) is 3.43. The highest BCUT2D eigenvalue weighted by Gasteiger charge is 2.22. The average molecular weight is 433 g/mol. The second-order valence-electron chi connectivity index (χ2n) is 7.00. The Hall–Kier alpha value is -3.65. The minimum absolute atomic E-state index is 0.0736. The highest BCUT2D eigenvalue weighted by atomic mass is 32.1. The van der Waals surface area contributed by atoms with Crippen molar-refractivity contribution < 1.29 is 19.0 Å². The van der Waals surface area contributed by atoms with E-state index in [1.807, 2.05) is 54.6 Å². The van der Waals surface area contributed by atoms with Gasteiger partial charge < -0.3 is 14.2 Å². The summed E-state index contributed by atoms with van der Waals surface area (Å²) < 4.78 is 17.1. The maximum Gasteiger partial charge on any atom is 0.233 e. The number of thiazole rings is 1. The zero-order valence-electron chi connectivity index (χ0n) is 16.8. The predicted molar refractivity (Wildman–Crippen MR) is 118 cm³/mol. The van der Waals surface area contributed by atoms with Gasteiger partial charge in [0.15, 0.2) is 16.6 Å². The second kappa shape index (κ2) is 8.23. The number of amides is 1. The van der Waals surface area contributed by atoms with E-state index in [4.69, 9.17) is 19.2 Å². The molecule has 0 saturated heterocycles. The van der Waals surface area contributed by atoms with Crippen LogP contribution in [0.3, 0.4) is 0 Å². The summed E-state index contributed by atoms with van der Waals surface area (Å²) in [6.07, 6.45) is 1.93. The Bertz CT molecular complexity index is 1240. The molecule has 7 nitrogen and oxygen atoms in total. The molecular formula is C23H19N3O4S. The van der Waals surface area contributed by atoms with Crippen molar-refractivity contribution in [3.05, 3.63) is 72.1 Å². The number of carbonyl (C=O) groups is 1. The van der Waals surface area contributed by atoms with Crippen LogP contribution in [0.4, 0.5) is 5.13 Å². The maximum atomic E-state index is 13.4. The van der Waals surface area contributed by atoms with Crippen molar-refractivity contribution in [3.63, 3.8) is 0 Å². The van der Waals surface area contributed by atoms with Gasteiger partial charge in [-0.3, -0.25) is 14.7 Å². The number of hydrogen-bond acceptors (Lipinski definition) is 7. The number of methoxy groups -OCH3 is 1. The number of hydrogen-bond donors (Lipinski definition) is 0. The first-order valence-corrected chi connectivity index (χ1v) is 10.5. The van der Waals surface area contributed by atoms with Crippen LogP contribution in [0.5, 0.6) is 17.2 Å². The lowest BCUT2D eigenvalue weighted by Crippen LogP contribution is -2.32. The number of carbonyl (C=O) groups excluding carboxylic acids is 1. The van der Waals surface area contributed by atoms with Gasteiger partial charge in [-0.1, -0.05) is 23.5 Å². The summed E-state index contributed by atoms with van der Waals surface area (Å²) >= 11 is 1.45. The standard InChI is InChI=1S/C23H19N3O4S/c1-28-17-6-7-18-21(12-17)31-23(25-18)26(13-16-4-2-3-9-24-16)22(27)11-15-5-8-19-20(10-15)30-14-29-19/h2-10,12H,11,13-14H2,1H3. The van der Waals surface area contributed by atoms with Gasteiger partial charge in [0.05, 0.1) is 36.0 Å². The third-order valence-electron chi connectivity index (χ3n) is 4.95. The summed E-state index contributed by atoms with van der Waals surface area (Å²) in [5, 5.41) is 0.625. The molecule has 31 heavy (non-hydrogen) atoms. The van der Waals surface area contributed by atoms with Crippen molar-refractivity contribution in [2.75, 3.05) is 18.8 Å². The molecule has 0 radical (unpaired) electrons. The zero-order chi connectivity index (χ0) is 21.2. The van der Waals surface area contributed by atoms with E-state index < -0.39 is 0 Å². The van der Waals surface area contributed by atoms with Crippen LogP contribution in [-0.2, 0) is 17.8 Å². The van der Waals surface area contributed by atoms with Crippen LogP contribution in [0, 0.1) is 0 Å². The summed E-state index contributed by atoms with van der Waals surface area (Å²) in [4.78, 5) is 24.2. The third kappa shape index (κ3) is 4.02. The highest BCUT2D eigenvalue weighted by Crippen LogP contribution is 2.34. The number of aromatic nitrogens is 2. The number of pyridine rings is 1. The van der Waals surface area contributed by atoms with Crippen molar-refractivity contribution in [1.82, 2.24) is 9.97 Å². The molecule has 156 valence electrons. The maximum absolute atomic E-state index is 13.4. The van der Waals surface area contributed by atoms with Gasteiger partial charge in [-0.2, -0.15) is 0 Å². The summed E-state index contributed by atoms with van der Waals surface area (Å²) in [6.45, 7) is 0.537. The van der Waals surface area contributed by atoms with E-state index >= 15 is 0 Å². The number of ether oxygens (including phenoxy) is 3. The first-order chi connectivity index (χ1) is 15.2. The van der Waals surface area contributed by atoms with Gasteiger partial charge in [0.25, 0.3) is 0 Å². The van der Waals surface area contributed by atoms with Gasteiger partial charge >= 0.3 is 0 Å². The Kier molecular flexibility index (Phi) is 5.13. The summed E-state index contributed by atoms with van der Waals surface area (Å²) in [7, 11) is 1.63. The van der Waals surface area contributed by atoms with Gasteiger partial charge in [-0.25, -0.2) is 4.98 Å². The van der Waals surface area contributed by atoms with Crippen LogP contribution in [-0.4, -0.2) is 29.8 Å². The molecule has 1 aliphatic heterocycles. The first kappa shape index (κ1) is 19.3. The van der Waals surface area contributed by atoms with Crippen molar-refractivity contribution in [2.24, 2.45) is 0 Å². The van der Waals surface area contributed by atoms with E-state index in [0.29, 0.717) is 23.2 Å². The topological polar surface area (TPSA) is 73.8 Å².